The standard InChI is InChI=1S/C14H20N2O2/c1-10-9-16(8-7-12(10)15)14(17)11-5-3-4-6-13(11)18-2/h3-6,10,12H,7-9,15H2,1-2H3. The maximum absolute atomic E-state index is 12.4. The molecule has 0 saturated carbocycles. The molecule has 1 aliphatic rings. The van der Waals surface area contributed by atoms with Crippen molar-refractivity contribution in [2.24, 2.45) is 11.7 Å². The number of hydrogen-bond donors (Lipinski definition) is 1. The Hall–Kier alpha value is -1.55. The molecule has 2 N–H and O–H groups in total. The van der Waals surface area contributed by atoms with Crippen LogP contribution in [-0.4, -0.2) is 37.0 Å². The summed E-state index contributed by atoms with van der Waals surface area (Å²) in [4.78, 5) is 14.3. The van der Waals surface area contributed by atoms with E-state index in [4.69, 9.17) is 10.5 Å². The number of rotatable bonds is 2. The topological polar surface area (TPSA) is 55.6 Å². The van der Waals surface area contributed by atoms with E-state index in [0.29, 0.717) is 17.2 Å². The third-order valence-electron chi connectivity index (χ3n) is 3.60. The first-order valence-corrected chi connectivity index (χ1v) is 6.31. The molecule has 0 radical (unpaired) electrons. The second-order valence-electron chi connectivity index (χ2n) is 4.88. The van der Waals surface area contributed by atoms with Gasteiger partial charge in [-0.25, -0.2) is 0 Å². The van der Waals surface area contributed by atoms with Crippen molar-refractivity contribution in [1.29, 1.82) is 0 Å². The van der Waals surface area contributed by atoms with Gasteiger partial charge in [-0.3, -0.25) is 4.79 Å². The summed E-state index contributed by atoms with van der Waals surface area (Å²) in [5.41, 5.74) is 6.60. The zero-order chi connectivity index (χ0) is 13.1. The highest BCUT2D eigenvalue weighted by Crippen LogP contribution is 2.22. The summed E-state index contributed by atoms with van der Waals surface area (Å²) in [5.74, 6) is 1.01. The molecule has 1 aromatic carbocycles. The third kappa shape index (κ3) is 2.48. The zero-order valence-electron chi connectivity index (χ0n) is 10.9. The van der Waals surface area contributed by atoms with E-state index >= 15 is 0 Å². The van der Waals surface area contributed by atoms with E-state index < -0.39 is 0 Å². The first-order valence-electron chi connectivity index (χ1n) is 6.31. The maximum Gasteiger partial charge on any atom is 0.257 e. The molecule has 2 rings (SSSR count). The van der Waals surface area contributed by atoms with Crippen molar-refractivity contribution in [3.63, 3.8) is 0 Å². The highest BCUT2D eigenvalue weighted by Gasteiger charge is 2.27. The van der Waals surface area contributed by atoms with Gasteiger partial charge in [0.25, 0.3) is 5.91 Å². The lowest BCUT2D eigenvalue weighted by molar-refractivity contribution is 0.0661. The molecule has 1 saturated heterocycles. The van der Waals surface area contributed by atoms with E-state index in [0.717, 1.165) is 19.5 Å². The Labute approximate surface area is 108 Å². The molecule has 4 nitrogen and oxygen atoms in total. The summed E-state index contributed by atoms with van der Waals surface area (Å²) in [6, 6.07) is 7.54. The molecule has 2 atom stereocenters. The number of piperidine rings is 1. The first kappa shape index (κ1) is 12.9. The number of likely N-dealkylation sites (tertiary alicyclic amines) is 1. The molecular formula is C14H20N2O2. The van der Waals surface area contributed by atoms with Crippen LogP contribution in [0.25, 0.3) is 0 Å². The first-order chi connectivity index (χ1) is 8.63. The lowest BCUT2D eigenvalue weighted by atomic mass is 9.94. The van der Waals surface area contributed by atoms with Gasteiger partial charge in [0.2, 0.25) is 0 Å². The Balaban J connectivity index is 2.16. The molecule has 4 heteroatoms. The number of hydrogen-bond acceptors (Lipinski definition) is 3. The van der Waals surface area contributed by atoms with Gasteiger partial charge in [0, 0.05) is 19.1 Å². The Bertz CT molecular complexity index is 434. The van der Waals surface area contributed by atoms with Crippen LogP contribution >= 0.6 is 0 Å². The van der Waals surface area contributed by atoms with Gasteiger partial charge in [-0.05, 0) is 24.5 Å². The molecule has 0 aromatic heterocycles. The van der Waals surface area contributed by atoms with Crippen LogP contribution in [0.1, 0.15) is 23.7 Å². The minimum absolute atomic E-state index is 0.0335. The van der Waals surface area contributed by atoms with Crippen LogP contribution in [0.3, 0.4) is 0 Å². The summed E-state index contributed by atoms with van der Waals surface area (Å²) in [7, 11) is 1.58. The molecule has 98 valence electrons. The SMILES string of the molecule is COc1ccccc1C(=O)N1CCC(N)C(C)C1. The van der Waals surface area contributed by atoms with Gasteiger partial charge < -0.3 is 15.4 Å². The minimum atomic E-state index is 0.0335. The molecule has 1 aromatic rings. The van der Waals surface area contributed by atoms with Gasteiger partial charge in [-0.15, -0.1) is 0 Å². The predicted molar refractivity (Wildman–Crippen MR) is 70.7 cm³/mol. The quantitative estimate of drug-likeness (QED) is 0.863. The molecule has 0 bridgehead atoms. The van der Waals surface area contributed by atoms with E-state index in [9.17, 15) is 4.79 Å². The summed E-state index contributed by atoms with van der Waals surface area (Å²) in [6.07, 6.45) is 0.863. The van der Waals surface area contributed by atoms with Gasteiger partial charge in [0.15, 0.2) is 0 Å². The fourth-order valence-electron chi connectivity index (χ4n) is 2.34. The van der Waals surface area contributed by atoms with Crippen molar-refractivity contribution in [2.45, 2.75) is 19.4 Å². The molecular weight excluding hydrogens is 228 g/mol. The van der Waals surface area contributed by atoms with Crippen LogP contribution in [0.2, 0.25) is 0 Å². The van der Waals surface area contributed by atoms with Crippen LogP contribution in [0.4, 0.5) is 0 Å². The average molecular weight is 248 g/mol. The van der Waals surface area contributed by atoms with Crippen LogP contribution in [0.15, 0.2) is 24.3 Å². The zero-order valence-corrected chi connectivity index (χ0v) is 10.9. The van der Waals surface area contributed by atoms with Crippen molar-refractivity contribution in [3.8, 4) is 5.75 Å². The van der Waals surface area contributed by atoms with Crippen molar-refractivity contribution < 1.29 is 9.53 Å². The van der Waals surface area contributed by atoms with Gasteiger partial charge >= 0.3 is 0 Å². The van der Waals surface area contributed by atoms with Gasteiger partial charge in [0.05, 0.1) is 12.7 Å². The van der Waals surface area contributed by atoms with E-state index in [-0.39, 0.29) is 11.9 Å². The lowest BCUT2D eigenvalue weighted by Crippen LogP contribution is -2.48. The number of amides is 1. The summed E-state index contributed by atoms with van der Waals surface area (Å²) in [5, 5.41) is 0. The molecule has 0 aliphatic carbocycles. The third-order valence-corrected chi connectivity index (χ3v) is 3.60. The van der Waals surface area contributed by atoms with Crippen molar-refractivity contribution in [1.82, 2.24) is 4.90 Å². The van der Waals surface area contributed by atoms with Crippen molar-refractivity contribution in [3.05, 3.63) is 29.8 Å². The number of nitrogens with zero attached hydrogens (tertiary/aromatic N) is 1. The minimum Gasteiger partial charge on any atom is -0.496 e. The van der Waals surface area contributed by atoms with E-state index in [1.165, 1.54) is 0 Å². The summed E-state index contributed by atoms with van der Waals surface area (Å²) >= 11 is 0. The number of ether oxygens (including phenoxy) is 1. The number of carbonyl (C=O) groups excluding carboxylic acids is 1. The number of carbonyl (C=O) groups is 1. The molecule has 1 aliphatic heterocycles. The van der Waals surface area contributed by atoms with Crippen LogP contribution < -0.4 is 10.5 Å². The smallest absolute Gasteiger partial charge is 0.257 e. The molecule has 0 spiro atoms. The Kier molecular flexibility index (Phi) is 3.87. The molecule has 1 heterocycles. The molecule has 18 heavy (non-hydrogen) atoms. The molecule has 1 fully saturated rings. The Morgan fingerprint density at radius 1 is 1.44 bits per heavy atom. The van der Waals surface area contributed by atoms with Crippen LogP contribution in [0, 0.1) is 5.92 Å². The predicted octanol–water partition coefficient (Wildman–Crippen LogP) is 1.50. The lowest BCUT2D eigenvalue weighted by Gasteiger charge is -2.35. The second kappa shape index (κ2) is 5.40. The van der Waals surface area contributed by atoms with E-state index in [2.05, 4.69) is 6.92 Å². The number of methoxy groups -OCH3 is 1. The average Bonchev–Trinajstić information content (AvgIpc) is 2.41. The highest BCUT2D eigenvalue weighted by atomic mass is 16.5. The molecule has 2 unspecified atom stereocenters. The largest absolute Gasteiger partial charge is 0.496 e. The van der Waals surface area contributed by atoms with Gasteiger partial charge in [0.1, 0.15) is 5.75 Å². The van der Waals surface area contributed by atoms with Gasteiger partial charge in [-0.1, -0.05) is 19.1 Å². The monoisotopic (exact) mass is 248 g/mol. The number of para-hydroxylation sites is 1. The van der Waals surface area contributed by atoms with E-state index in [1.807, 2.05) is 23.1 Å². The maximum atomic E-state index is 12.4. The fraction of sp³-hybridized carbons (Fsp3) is 0.500. The Morgan fingerprint density at radius 3 is 2.83 bits per heavy atom. The molecule has 1 amide bonds. The van der Waals surface area contributed by atoms with Crippen molar-refractivity contribution in [2.75, 3.05) is 20.2 Å². The fourth-order valence-corrected chi connectivity index (χ4v) is 2.34. The number of nitrogens with two attached hydrogens (primary N) is 1. The van der Waals surface area contributed by atoms with Crippen molar-refractivity contribution >= 4 is 5.91 Å². The van der Waals surface area contributed by atoms with E-state index in [1.54, 1.807) is 13.2 Å². The summed E-state index contributed by atoms with van der Waals surface area (Å²) in [6.45, 7) is 3.53. The second-order valence-corrected chi connectivity index (χ2v) is 4.88. The highest BCUT2D eigenvalue weighted by molar-refractivity contribution is 5.97. The van der Waals surface area contributed by atoms with Gasteiger partial charge in [-0.2, -0.15) is 0 Å². The van der Waals surface area contributed by atoms with Crippen LogP contribution in [-0.2, 0) is 0 Å². The van der Waals surface area contributed by atoms with Crippen LogP contribution in [0.5, 0.6) is 5.75 Å². The normalized spacial score (nSPS) is 23.8. The Morgan fingerprint density at radius 2 is 2.17 bits per heavy atom. The number of benzene rings is 1. The summed E-state index contributed by atoms with van der Waals surface area (Å²) < 4.78 is 5.23.